The van der Waals surface area contributed by atoms with Gasteiger partial charge in [-0.05, 0) is 35.9 Å². The third-order valence-electron chi connectivity index (χ3n) is 4.70. The van der Waals surface area contributed by atoms with Crippen molar-refractivity contribution in [3.05, 3.63) is 99.5 Å². The van der Waals surface area contributed by atoms with E-state index >= 15 is 0 Å². The van der Waals surface area contributed by atoms with Gasteiger partial charge < -0.3 is 4.90 Å². The molecule has 1 aliphatic rings. The molecule has 0 N–H and O–H groups in total. The topological polar surface area (TPSA) is 32.7 Å². The average Bonchev–Trinajstić information content (AvgIpc) is 2.71. The maximum absolute atomic E-state index is 12.9. The second-order valence-corrected chi connectivity index (χ2v) is 7.49. The minimum Gasteiger partial charge on any atom is -0.307 e. The zero-order valence-electron chi connectivity index (χ0n) is 15.1. The van der Waals surface area contributed by atoms with E-state index in [0.29, 0.717) is 29.6 Å². The molecule has 140 valence electrons. The van der Waals surface area contributed by atoms with Crippen molar-refractivity contribution in [2.45, 2.75) is 13.0 Å². The standard InChI is InChI=1S/C23H18Cl2N2O/c24-18-8-6-16(7-9-18)15-27-21-11-10-19(25)14-20(21)23(26-13-12-22(27)28)17-4-2-1-3-5-17/h1-11,14H,12-13,15H2. The van der Waals surface area contributed by atoms with Crippen LogP contribution in [0.5, 0.6) is 0 Å². The highest BCUT2D eigenvalue weighted by atomic mass is 35.5. The lowest BCUT2D eigenvalue weighted by atomic mass is 9.98. The Morgan fingerprint density at radius 3 is 2.36 bits per heavy atom. The Kier molecular flexibility index (Phi) is 5.47. The number of hydrogen-bond donors (Lipinski definition) is 0. The van der Waals surface area contributed by atoms with E-state index in [2.05, 4.69) is 0 Å². The molecule has 0 atom stereocenters. The van der Waals surface area contributed by atoms with Crippen LogP contribution in [0.1, 0.15) is 23.1 Å². The molecule has 0 aromatic heterocycles. The number of halogens is 2. The molecule has 0 saturated heterocycles. The maximum Gasteiger partial charge on any atom is 0.229 e. The lowest BCUT2D eigenvalue weighted by molar-refractivity contribution is -0.118. The summed E-state index contributed by atoms with van der Waals surface area (Å²) in [6, 6.07) is 23.1. The number of carbonyl (C=O) groups is 1. The van der Waals surface area contributed by atoms with E-state index in [1.54, 1.807) is 0 Å². The van der Waals surface area contributed by atoms with Crippen LogP contribution in [-0.4, -0.2) is 18.2 Å². The molecule has 3 nitrogen and oxygen atoms in total. The summed E-state index contributed by atoms with van der Waals surface area (Å²) >= 11 is 12.3. The highest BCUT2D eigenvalue weighted by molar-refractivity contribution is 6.32. The molecule has 0 saturated carbocycles. The Balaban J connectivity index is 1.82. The van der Waals surface area contributed by atoms with Crippen molar-refractivity contribution in [3.63, 3.8) is 0 Å². The minimum atomic E-state index is 0.0365. The van der Waals surface area contributed by atoms with Crippen molar-refractivity contribution in [3.8, 4) is 0 Å². The second kappa shape index (κ2) is 8.17. The van der Waals surface area contributed by atoms with Gasteiger partial charge in [0.1, 0.15) is 0 Å². The molecular formula is C23H18Cl2N2O. The number of amides is 1. The van der Waals surface area contributed by atoms with Crippen molar-refractivity contribution >= 4 is 40.5 Å². The number of hydrogen-bond acceptors (Lipinski definition) is 2. The Labute approximate surface area is 174 Å². The van der Waals surface area contributed by atoms with Crippen LogP contribution in [-0.2, 0) is 11.3 Å². The first kappa shape index (κ1) is 18.7. The number of rotatable bonds is 3. The Bertz CT molecular complexity index is 1030. The fraction of sp³-hybridized carbons (Fsp3) is 0.130. The number of aliphatic imine (C=N–C) groups is 1. The lowest BCUT2D eigenvalue weighted by Gasteiger charge is -2.28. The fourth-order valence-electron chi connectivity index (χ4n) is 3.34. The van der Waals surface area contributed by atoms with Crippen molar-refractivity contribution in [2.75, 3.05) is 11.4 Å². The van der Waals surface area contributed by atoms with Gasteiger partial charge in [-0.2, -0.15) is 0 Å². The summed E-state index contributed by atoms with van der Waals surface area (Å²) in [6.45, 7) is 0.902. The number of carbonyl (C=O) groups excluding carboxylic acids is 1. The molecule has 3 aromatic carbocycles. The molecule has 28 heavy (non-hydrogen) atoms. The van der Waals surface area contributed by atoms with Crippen LogP contribution in [0, 0.1) is 0 Å². The Hall–Kier alpha value is -2.62. The van der Waals surface area contributed by atoms with Gasteiger partial charge in [0, 0.05) is 34.1 Å². The van der Waals surface area contributed by atoms with E-state index in [4.69, 9.17) is 28.2 Å². The molecule has 0 bridgehead atoms. The molecule has 0 spiro atoms. The highest BCUT2D eigenvalue weighted by Gasteiger charge is 2.24. The number of anilines is 1. The zero-order valence-corrected chi connectivity index (χ0v) is 16.6. The Morgan fingerprint density at radius 2 is 1.61 bits per heavy atom. The largest absolute Gasteiger partial charge is 0.307 e. The van der Waals surface area contributed by atoms with Gasteiger partial charge in [-0.1, -0.05) is 65.7 Å². The molecule has 0 unspecified atom stereocenters. The normalized spacial score (nSPS) is 14.1. The number of fused-ring (bicyclic) bond motifs is 1. The van der Waals surface area contributed by atoms with Gasteiger partial charge >= 0.3 is 0 Å². The van der Waals surface area contributed by atoms with Crippen LogP contribution in [0.25, 0.3) is 0 Å². The SMILES string of the molecule is O=C1CCN=C(c2ccccc2)c2cc(Cl)ccc2N1Cc1ccc(Cl)cc1. The second-order valence-electron chi connectivity index (χ2n) is 6.61. The third kappa shape index (κ3) is 3.96. The molecular weight excluding hydrogens is 391 g/mol. The predicted molar refractivity (Wildman–Crippen MR) is 116 cm³/mol. The van der Waals surface area contributed by atoms with Crippen molar-refractivity contribution in [1.82, 2.24) is 0 Å². The van der Waals surface area contributed by atoms with Crippen LogP contribution in [0.4, 0.5) is 5.69 Å². The third-order valence-corrected chi connectivity index (χ3v) is 5.19. The number of nitrogens with zero attached hydrogens (tertiary/aromatic N) is 2. The van der Waals surface area contributed by atoms with Gasteiger partial charge in [0.05, 0.1) is 17.9 Å². The molecule has 1 heterocycles. The lowest BCUT2D eigenvalue weighted by Crippen LogP contribution is -2.33. The molecule has 4 rings (SSSR count). The summed E-state index contributed by atoms with van der Waals surface area (Å²) < 4.78 is 0. The van der Waals surface area contributed by atoms with Crippen molar-refractivity contribution in [1.29, 1.82) is 0 Å². The van der Waals surface area contributed by atoms with E-state index in [9.17, 15) is 4.79 Å². The Morgan fingerprint density at radius 1 is 0.893 bits per heavy atom. The summed E-state index contributed by atoms with van der Waals surface area (Å²) in [5, 5.41) is 1.29. The highest BCUT2D eigenvalue weighted by Crippen LogP contribution is 2.30. The van der Waals surface area contributed by atoms with Crippen LogP contribution in [0.15, 0.2) is 77.8 Å². The quantitative estimate of drug-likeness (QED) is 0.541. The van der Waals surface area contributed by atoms with Gasteiger partial charge in [0.2, 0.25) is 5.91 Å². The summed E-state index contributed by atoms with van der Waals surface area (Å²) in [7, 11) is 0. The first-order valence-corrected chi connectivity index (χ1v) is 9.82. The van der Waals surface area contributed by atoms with Crippen LogP contribution in [0.3, 0.4) is 0 Å². The molecule has 1 aliphatic heterocycles. The maximum atomic E-state index is 12.9. The molecule has 0 radical (unpaired) electrons. The molecule has 3 aromatic rings. The molecule has 5 heteroatoms. The van der Waals surface area contributed by atoms with E-state index in [1.807, 2.05) is 77.7 Å². The monoisotopic (exact) mass is 408 g/mol. The van der Waals surface area contributed by atoms with Crippen LogP contribution < -0.4 is 4.90 Å². The molecule has 0 aliphatic carbocycles. The fourth-order valence-corrected chi connectivity index (χ4v) is 3.64. The van der Waals surface area contributed by atoms with Crippen LogP contribution in [0.2, 0.25) is 10.0 Å². The van der Waals surface area contributed by atoms with Crippen LogP contribution >= 0.6 is 23.2 Å². The minimum absolute atomic E-state index is 0.0365. The first-order valence-electron chi connectivity index (χ1n) is 9.06. The van der Waals surface area contributed by atoms with E-state index in [1.165, 1.54) is 0 Å². The van der Waals surface area contributed by atoms with E-state index < -0.39 is 0 Å². The predicted octanol–water partition coefficient (Wildman–Crippen LogP) is 5.77. The molecule has 0 fully saturated rings. The van der Waals surface area contributed by atoms with Gasteiger partial charge in [-0.25, -0.2) is 0 Å². The van der Waals surface area contributed by atoms with Crippen molar-refractivity contribution < 1.29 is 4.79 Å². The summed E-state index contributed by atoms with van der Waals surface area (Å²) in [5.41, 5.74) is 4.54. The first-order chi connectivity index (χ1) is 13.6. The zero-order chi connectivity index (χ0) is 19.5. The van der Waals surface area contributed by atoms with Gasteiger partial charge in [0.25, 0.3) is 0 Å². The van der Waals surface area contributed by atoms with Crippen molar-refractivity contribution in [2.24, 2.45) is 4.99 Å². The summed E-state index contributed by atoms with van der Waals surface area (Å²) in [4.78, 5) is 19.5. The van der Waals surface area contributed by atoms with Gasteiger partial charge in [0.15, 0.2) is 0 Å². The molecule has 1 amide bonds. The van der Waals surface area contributed by atoms with Gasteiger partial charge in [-0.15, -0.1) is 0 Å². The smallest absolute Gasteiger partial charge is 0.229 e. The van der Waals surface area contributed by atoms with Gasteiger partial charge in [-0.3, -0.25) is 9.79 Å². The summed E-state index contributed by atoms with van der Waals surface area (Å²) in [6.07, 6.45) is 0.353. The number of benzene rings is 3. The van der Waals surface area contributed by atoms with E-state index in [0.717, 1.165) is 28.1 Å². The van der Waals surface area contributed by atoms with E-state index in [-0.39, 0.29) is 5.91 Å². The average molecular weight is 409 g/mol. The summed E-state index contributed by atoms with van der Waals surface area (Å²) in [5.74, 6) is 0.0365.